The van der Waals surface area contributed by atoms with Gasteiger partial charge in [-0.25, -0.2) is 13.4 Å². The lowest BCUT2D eigenvalue weighted by Gasteiger charge is -2.07. The summed E-state index contributed by atoms with van der Waals surface area (Å²) in [5.41, 5.74) is -0.517. The number of sulfonamides is 1. The molecule has 0 spiro atoms. The fraction of sp³-hybridized carbons (Fsp3) is 0. The molecule has 0 aliphatic heterocycles. The number of nitro benzene ring substituents is 1. The van der Waals surface area contributed by atoms with Gasteiger partial charge in [-0.1, -0.05) is 23.2 Å². The van der Waals surface area contributed by atoms with Gasteiger partial charge in [0.25, 0.3) is 15.7 Å². The van der Waals surface area contributed by atoms with Crippen molar-refractivity contribution in [3.05, 3.63) is 50.9 Å². The summed E-state index contributed by atoms with van der Waals surface area (Å²) in [7, 11) is -4.08. The molecule has 1 aromatic heterocycles. The minimum Gasteiger partial charge on any atom is -0.262 e. The summed E-state index contributed by atoms with van der Waals surface area (Å²) in [6.45, 7) is 0. The van der Waals surface area contributed by atoms with Gasteiger partial charge in [-0.15, -0.1) is 0 Å². The first kappa shape index (κ1) is 15.4. The van der Waals surface area contributed by atoms with Crippen LogP contribution in [0.2, 0.25) is 10.2 Å². The van der Waals surface area contributed by atoms with Gasteiger partial charge in [0.2, 0.25) is 0 Å². The first-order valence-electron chi connectivity index (χ1n) is 5.24. The van der Waals surface area contributed by atoms with Crippen LogP contribution in [0.4, 0.5) is 11.5 Å². The SMILES string of the molecule is O=[N+]([O-])c1cc(S(=O)(=O)Nc2cncc(Cl)n2)ccc1Cl. The molecule has 1 N–H and O–H groups in total. The van der Waals surface area contributed by atoms with Crippen LogP contribution >= 0.6 is 23.2 Å². The van der Waals surface area contributed by atoms with E-state index in [0.717, 1.165) is 24.4 Å². The predicted octanol–water partition coefficient (Wildman–Crippen LogP) is 2.49. The van der Waals surface area contributed by atoms with E-state index >= 15 is 0 Å². The van der Waals surface area contributed by atoms with Crippen molar-refractivity contribution in [2.24, 2.45) is 0 Å². The maximum absolute atomic E-state index is 12.1. The summed E-state index contributed by atoms with van der Waals surface area (Å²) in [6.07, 6.45) is 2.38. The van der Waals surface area contributed by atoms with Crippen LogP contribution in [-0.4, -0.2) is 23.3 Å². The lowest BCUT2D eigenvalue weighted by atomic mass is 10.3. The van der Waals surface area contributed by atoms with Crippen LogP contribution in [0.1, 0.15) is 0 Å². The molecule has 1 aromatic carbocycles. The van der Waals surface area contributed by atoms with Gasteiger partial charge in [0.05, 0.1) is 22.2 Å². The monoisotopic (exact) mass is 348 g/mol. The van der Waals surface area contributed by atoms with Crippen LogP contribution in [0.5, 0.6) is 0 Å². The van der Waals surface area contributed by atoms with E-state index < -0.39 is 20.6 Å². The van der Waals surface area contributed by atoms with Gasteiger partial charge in [-0.3, -0.25) is 19.8 Å². The quantitative estimate of drug-likeness (QED) is 0.670. The van der Waals surface area contributed by atoms with E-state index in [0.29, 0.717) is 0 Å². The molecule has 110 valence electrons. The van der Waals surface area contributed by atoms with E-state index in [1.54, 1.807) is 0 Å². The van der Waals surface area contributed by atoms with E-state index in [1.807, 2.05) is 0 Å². The Kier molecular flexibility index (Phi) is 4.26. The zero-order valence-electron chi connectivity index (χ0n) is 10.0. The highest BCUT2D eigenvalue weighted by molar-refractivity contribution is 7.92. The van der Waals surface area contributed by atoms with Crippen molar-refractivity contribution >= 4 is 44.7 Å². The van der Waals surface area contributed by atoms with Gasteiger partial charge >= 0.3 is 0 Å². The zero-order chi connectivity index (χ0) is 15.6. The summed E-state index contributed by atoms with van der Waals surface area (Å²) in [6, 6.07) is 3.11. The topological polar surface area (TPSA) is 115 Å². The van der Waals surface area contributed by atoms with Crippen LogP contribution in [0.15, 0.2) is 35.5 Å². The number of nitro groups is 1. The third-order valence-corrected chi connectivity index (χ3v) is 4.12. The molecule has 1 heterocycles. The zero-order valence-corrected chi connectivity index (χ0v) is 12.4. The standard InChI is InChI=1S/C10H6Cl2N4O4S/c11-7-2-1-6(3-8(7)16(17)18)21(19,20)15-10-5-13-4-9(12)14-10/h1-5H,(H,14,15). The summed E-state index contributed by atoms with van der Waals surface area (Å²) in [5, 5.41) is 10.6. The summed E-state index contributed by atoms with van der Waals surface area (Å²) < 4.78 is 26.3. The van der Waals surface area contributed by atoms with Crippen molar-refractivity contribution in [3.8, 4) is 0 Å². The summed E-state index contributed by atoms with van der Waals surface area (Å²) in [5.74, 6) is -0.111. The Labute approximate surface area is 128 Å². The number of halogens is 2. The molecule has 0 aliphatic carbocycles. The molecule has 0 radical (unpaired) electrons. The highest BCUT2D eigenvalue weighted by atomic mass is 35.5. The van der Waals surface area contributed by atoms with Crippen molar-refractivity contribution in [2.75, 3.05) is 4.72 Å². The van der Waals surface area contributed by atoms with Gasteiger partial charge in [0.1, 0.15) is 10.2 Å². The third-order valence-electron chi connectivity index (χ3n) is 2.27. The third kappa shape index (κ3) is 3.57. The Morgan fingerprint density at radius 2 is 1.95 bits per heavy atom. The maximum atomic E-state index is 12.1. The lowest BCUT2D eigenvalue weighted by Crippen LogP contribution is -2.14. The Balaban J connectivity index is 2.40. The Hall–Kier alpha value is -1.97. The molecule has 11 heteroatoms. The number of nitrogens with zero attached hydrogens (tertiary/aromatic N) is 3. The molecule has 0 amide bonds. The molecule has 2 rings (SSSR count). The van der Waals surface area contributed by atoms with Gasteiger partial charge in [0, 0.05) is 6.07 Å². The molecule has 2 aromatic rings. The molecule has 0 atom stereocenters. The van der Waals surface area contributed by atoms with E-state index in [9.17, 15) is 18.5 Å². The fourth-order valence-electron chi connectivity index (χ4n) is 1.39. The van der Waals surface area contributed by atoms with Crippen molar-refractivity contribution < 1.29 is 13.3 Å². The first-order valence-corrected chi connectivity index (χ1v) is 7.48. The molecule has 8 nitrogen and oxygen atoms in total. The van der Waals surface area contributed by atoms with E-state index in [1.165, 1.54) is 6.20 Å². The molecule has 0 saturated carbocycles. The number of benzene rings is 1. The summed E-state index contributed by atoms with van der Waals surface area (Å²) >= 11 is 11.2. The largest absolute Gasteiger partial charge is 0.289 e. The molecular weight excluding hydrogens is 343 g/mol. The average Bonchev–Trinajstić information content (AvgIpc) is 2.38. The smallest absolute Gasteiger partial charge is 0.262 e. The fourth-order valence-corrected chi connectivity index (χ4v) is 2.73. The normalized spacial score (nSPS) is 11.1. The highest BCUT2D eigenvalue weighted by Gasteiger charge is 2.21. The van der Waals surface area contributed by atoms with Gasteiger partial charge in [-0.2, -0.15) is 0 Å². The van der Waals surface area contributed by atoms with E-state index in [-0.39, 0.29) is 20.9 Å². The maximum Gasteiger partial charge on any atom is 0.289 e. The van der Waals surface area contributed by atoms with Crippen LogP contribution in [0.25, 0.3) is 0 Å². The molecule has 0 saturated heterocycles. The van der Waals surface area contributed by atoms with Crippen molar-refractivity contribution in [1.82, 2.24) is 9.97 Å². The van der Waals surface area contributed by atoms with Crippen molar-refractivity contribution in [1.29, 1.82) is 0 Å². The Bertz CT molecular complexity index is 812. The highest BCUT2D eigenvalue weighted by Crippen LogP contribution is 2.27. The second-order valence-electron chi connectivity index (χ2n) is 3.70. The predicted molar refractivity (Wildman–Crippen MR) is 76.0 cm³/mol. The number of nitrogens with one attached hydrogen (secondary N) is 1. The number of rotatable bonds is 4. The van der Waals surface area contributed by atoms with Gasteiger partial charge in [0.15, 0.2) is 5.82 Å². The number of aromatic nitrogens is 2. The van der Waals surface area contributed by atoms with Crippen LogP contribution in [0, 0.1) is 10.1 Å². The van der Waals surface area contributed by atoms with Crippen molar-refractivity contribution in [3.63, 3.8) is 0 Å². The molecular formula is C10H6Cl2N4O4S. The molecule has 0 aliphatic rings. The summed E-state index contributed by atoms with van der Waals surface area (Å²) in [4.78, 5) is 17.0. The van der Waals surface area contributed by atoms with E-state index in [2.05, 4.69) is 14.7 Å². The van der Waals surface area contributed by atoms with Crippen LogP contribution in [0.3, 0.4) is 0 Å². The van der Waals surface area contributed by atoms with Crippen molar-refractivity contribution in [2.45, 2.75) is 4.90 Å². The van der Waals surface area contributed by atoms with E-state index in [4.69, 9.17) is 23.2 Å². The minimum absolute atomic E-state index is 0.00251. The molecule has 0 bridgehead atoms. The molecule has 0 unspecified atom stereocenters. The number of hydrogen-bond acceptors (Lipinski definition) is 6. The van der Waals surface area contributed by atoms with Gasteiger partial charge < -0.3 is 0 Å². The number of hydrogen-bond donors (Lipinski definition) is 1. The minimum atomic E-state index is -4.08. The first-order chi connectivity index (χ1) is 9.79. The number of anilines is 1. The van der Waals surface area contributed by atoms with Crippen LogP contribution < -0.4 is 4.72 Å². The second-order valence-corrected chi connectivity index (χ2v) is 6.18. The lowest BCUT2D eigenvalue weighted by molar-refractivity contribution is -0.384. The molecule has 0 fully saturated rings. The van der Waals surface area contributed by atoms with Crippen LogP contribution in [-0.2, 0) is 10.0 Å². The Morgan fingerprint density at radius 3 is 2.57 bits per heavy atom. The second kappa shape index (κ2) is 5.80. The molecule has 21 heavy (non-hydrogen) atoms. The Morgan fingerprint density at radius 1 is 1.24 bits per heavy atom. The van der Waals surface area contributed by atoms with Gasteiger partial charge in [-0.05, 0) is 12.1 Å². The average molecular weight is 349 g/mol.